The highest BCUT2D eigenvalue weighted by atomic mass is 19.1. The summed E-state index contributed by atoms with van der Waals surface area (Å²) < 4.78 is 18.2. The lowest BCUT2D eigenvalue weighted by atomic mass is 9.95. The summed E-state index contributed by atoms with van der Waals surface area (Å²) in [5.41, 5.74) is 1.10. The van der Waals surface area contributed by atoms with Gasteiger partial charge in [0.25, 0.3) is 5.91 Å². The molecular formula is C20H21FN2O3. The van der Waals surface area contributed by atoms with Crippen LogP contribution in [0.1, 0.15) is 23.2 Å². The summed E-state index contributed by atoms with van der Waals surface area (Å²) >= 11 is 0. The summed E-state index contributed by atoms with van der Waals surface area (Å²) in [6.07, 6.45) is 1.18. The second-order valence-electron chi connectivity index (χ2n) is 6.26. The molecule has 26 heavy (non-hydrogen) atoms. The van der Waals surface area contributed by atoms with Crippen LogP contribution in [-0.2, 0) is 4.79 Å². The molecule has 1 heterocycles. The Balaban J connectivity index is 1.57. The first-order valence-electron chi connectivity index (χ1n) is 8.57. The molecule has 0 spiro atoms. The van der Waals surface area contributed by atoms with E-state index in [1.54, 1.807) is 24.1 Å². The maximum atomic E-state index is 13.0. The number of hydrogen-bond acceptors (Lipinski definition) is 3. The monoisotopic (exact) mass is 356 g/mol. The highest BCUT2D eigenvalue weighted by molar-refractivity contribution is 5.95. The lowest BCUT2D eigenvalue weighted by molar-refractivity contribution is -0.121. The fraction of sp³-hybridized carbons (Fsp3) is 0.300. The number of carbonyl (C=O) groups excluding carboxylic acids is 2. The zero-order chi connectivity index (χ0) is 18.5. The molecule has 1 saturated heterocycles. The maximum Gasteiger partial charge on any atom is 0.253 e. The summed E-state index contributed by atoms with van der Waals surface area (Å²) in [5, 5.41) is 2.90. The van der Waals surface area contributed by atoms with Gasteiger partial charge in [0.1, 0.15) is 11.6 Å². The van der Waals surface area contributed by atoms with Crippen LogP contribution in [0.2, 0.25) is 0 Å². The van der Waals surface area contributed by atoms with Gasteiger partial charge in [-0.3, -0.25) is 9.59 Å². The number of halogens is 1. The molecule has 0 saturated carbocycles. The minimum Gasteiger partial charge on any atom is -0.495 e. The van der Waals surface area contributed by atoms with Crippen molar-refractivity contribution in [1.82, 2.24) is 4.90 Å². The predicted octanol–water partition coefficient (Wildman–Crippen LogP) is 3.33. The van der Waals surface area contributed by atoms with Crippen LogP contribution >= 0.6 is 0 Å². The topological polar surface area (TPSA) is 58.6 Å². The third kappa shape index (κ3) is 4.02. The molecule has 2 aromatic carbocycles. The highest BCUT2D eigenvalue weighted by Gasteiger charge is 2.28. The Labute approximate surface area is 151 Å². The zero-order valence-electron chi connectivity index (χ0n) is 14.6. The first-order chi connectivity index (χ1) is 12.6. The van der Waals surface area contributed by atoms with E-state index in [4.69, 9.17) is 4.74 Å². The van der Waals surface area contributed by atoms with E-state index in [9.17, 15) is 14.0 Å². The first-order valence-corrected chi connectivity index (χ1v) is 8.57. The van der Waals surface area contributed by atoms with Gasteiger partial charge in [-0.15, -0.1) is 0 Å². The van der Waals surface area contributed by atoms with Crippen molar-refractivity contribution in [2.75, 3.05) is 25.5 Å². The Morgan fingerprint density at radius 2 is 1.73 bits per heavy atom. The molecule has 5 nitrogen and oxygen atoms in total. The quantitative estimate of drug-likeness (QED) is 0.914. The van der Waals surface area contributed by atoms with E-state index in [1.165, 1.54) is 24.3 Å². The average Bonchev–Trinajstić information content (AvgIpc) is 2.68. The number of piperidine rings is 1. The van der Waals surface area contributed by atoms with Gasteiger partial charge in [0, 0.05) is 24.6 Å². The van der Waals surface area contributed by atoms with E-state index in [1.807, 2.05) is 12.1 Å². The van der Waals surface area contributed by atoms with Gasteiger partial charge in [-0.05, 0) is 49.2 Å². The molecule has 0 bridgehead atoms. The molecule has 1 N–H and O–H groups in total. The van der Waals surface area contributed by atoms with Crippen LogP contribution in [0.4, 0.5) is 10.1 Å². The van der Waals surface area contributed by atoms with Gasteiger partial charge in [-0.2, -0.15) is 0 Å². The van der Waals surface area contributed by atoms with Crippen molar-refractivity contribution < 1.29 is 18.7 Å². The van der Waals surface area contributed by atoms with Gasteiger partial charge in [0.15, 0.2) is 0 Å². The SMILES string of the molecule is COc1ccccc1NC(=O)C1CCN(C(=O)c2ccc(F)cc2)CC1. The fourth-order valence-corrected chi connectivity index (χ4v) is 3.10. The van der Waals surface area contributed by atoms with E-state index in [-0.39, 0.29) is 23.5 Å². The van der Waals surface area contributed by atoms with Crippen LogP contribution in [0.3, 0.4) is 0 Å². The van der Waals surface area contributed by atoms with Crippen LogP contribution in [0.25, 0.3) is 0 Å². The first kappa shape index (κ1) is 17.9. The third-order valence-electron chi connectivity index (χ3n) is 4.61. The Kier molecular flexibility index (Phi) is 5.51. The standard InChI is InChI=1S/C20H21FN2O3/c1-26-18-5-3-2-4-17(18)22-19(24)14-10-12-23(13-11-14)20(25)15-6-8-16(21)9-7-15/h2-9,14H,10-13H2,1H3,(H,22,24). The number of para-hydroxylation sites is 2. The molecule has 1 aliphatic rings. The van der Waals surface area contributed by atoms with Crippen LogP contribution in [0.15, 0.2) is 48.5 Å². The van der Waals surface area contributed by atoms with E-state index in [0.717, 1.165) is 0 Å². The molecule has 0 radical (unpaired) electrons. The molecule has 0 aliphatic carbocycles. The van der Waals surface area contributed by atoms with E-state index >= 15 is 0 Å². The number of likely N-dealkylation sites (tertiary alicyclic amines) is 1. The Morgan fingerprint density at radius 3 is 2.38 bits per heavy atom. The molecular weight excluding hydrogens is 335 g/mol. The second-order valence-corrected chi connectivity index (χ2v) is 6.26. The molecule has 0 aromatic heterocycles. The van der Waals surface area contributed by atoms with E-state index in [2.05, 4.69) is 5.32 Å². The number of hydrogen-bond donors (Lipinski definition) is 1. The van der Waals surface area contributed by atoms with Crippen molar-refractivity contribution in [3.63, 3.8) is 0 Å². The van der Waals surface area contributed by atoms with Crippen molar-refractivity contribution in [3.05, 3.63) is 59.9 Å². The van der Waals surface area contributed by atoms with Crippen LogP contribution in [-0.4, -0.2) is 36.9 Å². The zero-order valence-corrected chi connectivity index (χ0v) is 14.6. The molecule has 1 aliphatic heterocycles. The summed E-state index contributed by atoms with van der Waals surface area (Å²) in [4.78, 5) is 26.7. The molecule has 136 valence electrons. The van der Waals surface area contributed by atoms with Gasteiger partial charge < -0.3 is 15.0 Å². The number of anilines is 1. The number of amides is 2. The highest BCUT2D eigenvalue weighted by Crippen LogP contribution is 2.26. The molecule has 0 atom stereocenters. The second kappa shape index (κ2) is 7.99. The van der Waals surface area contributed by atoms with Crippen LogP contribution in [0.5, 0.6) is 5.75 Å². The number of benzene rings is 2. The summed E-state index contributed by atoms with van der Waals surface area (Å²) in [5.74, 6) is -0.104. The minimum atomic E-state index is -0.367. The van der Waals surface area contributed by atoms with Crippen molar-refractivity contribution in [1.29, 1.82) is 0 Å². The Bertz CT molecular complexity index is 784. The number of carbonyl (C=O) groups is 2. The lowest BCUT2D eigenvalue weighted by Crippen LogP contribution is -2.41. The Morgan fingerprint density at radius 1 is 1.08 bits per heavy atom. The number of rotatable bonds is 4. The maximum absolute atomic E-state index is 13.0. The molecule has 2 aromatic rings. The number of nitrogens with one attached hydrogen (secondary N) is 1. The number of ether oxygens (including phenoxy) is 1. The predicted molar refractivity (Wildman–Crippen MR) is 96.7 cm³/mol. The summed E-state index contributed by atoms with van der Waals surface area (Å²) in [6.45, 7) is 1.00. The molecule has 1 fully saturated rings. The fourth-order valence-electron chi connectivity index (χ4n) is 3.10. The third-order valence-corrected chi connectivity index (χ3v) is 4.61. The van der Waals surface area contributed by atoms with Crippen LogP contribution in [0, 0.1) is 11.7 Å². The number of nitrogens with zero attached hydrogens (tertiary/aromatic N) is 1. The Hall–Kier alpha value is -2.89. The molecule has 3 rings (SSSR count). The molecule has 2 amide bonds. The molecule has 6 heteroatoms. The van der Waals surface area contributed by atoms with Gasteiger partial charge in [0.05, 0.1) is 12.8 Å². The number of methoxy groups -OCH3 is 1. The van der Waals surface area contributed by atoms with Gasteiger partial charge in [-0.1, -0.05) is 12.1 Å². The van der Waals surface area contributed by atoms with Crippen molar-refractivity contribution in [3.8, 4) is 5.75 Å². The minimum absolute atomic E-state index is 0.0663. The summed E-state index contributed by atoms with van der Waals surface area (Å²) in [7, 11) is 1.56. The smallest absolute Gasteiger partial charge is 0.253 e. The van der Waals surface area contributed by atoms with Gasteiger partial charge >= 0.3 is 0 Å². The van der Waals surface area contributed by atoms with Gasteiger partial charge in [-0.25, -0.2) is 4.39 Å². The largest absolute Gasteiger partial charge is 0.495 e. The van der Waals surface area contributed by atoms with Crippen molar-refractivity contribution >= 4 is 17.5 Å². The van der Waals surface area contributed by atoms with E-state index < -0.39 is 0 Å². The lowest BCUT2D eigenvalue weighted by Gasteiger charge is -2.31. The van der Waals surface area contributed by atoms with E-state index in [0.29, 0.717) is 42.9 Å². The molecule has 0 unspecified atom stereocenters. The van der Waals surface area contributed by atoms with Crippen LogP contribution < -0.4 is 10.1 Å². The van der Waals surface area contributed by atoms with Crippen molar-refractivity contribution in [2.24, 2.45) is 5.92 Å². The van der Waals surface area contributed by atoms with Crippen molar-refractivity contribution in [2.45, 2.75) is 12.8 Å². The average molecular weight is 356 g/mol. The summed E-state index contributed by atoms with van der Waals surface area (Å²) in [6, 6.07) is 12.8. The van der Waals surface area contributed by atoms with Gasteiger partial charge in [0.2, 0.25) is 5.91 Å². The normalized spacial score (nSPS) is 14.8.